The molecule has 4 heteroatoms. The van der Waals surface area contributed by atoms with Crippen molar-refractivity contribution in [3.8, 4) is 11.5 Å². The standard InChI is InChI=1S/C14H18O4/c1-3-17-12-7-6-11(14(15)16-2)8-13(12)18-9-10-4-5-10/h6-8,10H,3-5,9H2,1-2H3. The zero-order valence-electron chi connectivity index (χ0n) is 10.8. The molecule has 0 amide bonds. The first-order chi connectivity index (χ1) is 8.74. The second kappa shape index (κ2) is 5.76. The lowest BCUT2D eigenvalue weighted by atomic mass is 10.2. The van der Waals surface area contributed by atoms with Gasteiger partial charge < -0.3 is 14.2 Å². The first-order valence-electron chi connectivity index (χ1n) is 6.22. The number of ether oxygens (including phenoxy) is 3. The summed E-state index contributed by atoms with van der Waals surface area (Å²) in [6.07, 6.45) is 2.45. The summed E-state index contributed by atoms with van der Waals surface area (Å²) in [5.41, 5.74) is 0.478. The van der Waals surface area contributed by atoms with Crippen molar-refractivity contribution in [2.45, 2.75) is 19.8 Å². The Morgan fingerprint density at radius 3 is 2.67 bits per heavy atom. The Labute approximate surface area is 107 Å². The molecule has 1 fully saturated rings. The fraction of sp³-hybridized carbons (Fsp3) is 0.500. The summed E-state index contributed by atoms with van der Waals surface area (Å²) in [7, 11) is 1.36. The minimum Gasteiger partial charge on any atom is -0.490 e. The van der Waals surface area contributed by atoms with Gasteiger partial charge in [0.1, 0.15) is 0 Å². The number of esters is 1. The predicted molar refractivity (Wildman–Crippen MR) is 67.2 cm³/mol. The van der Waals surface area contributed by atoms with Crippen molar-refractivity contribution in [1.29, 1.82) is 0 Å². The highest BCUT2D eigenvalue weighted by Crippen LogP contribution is 2.33. The van der Waals surface area contributed by atoms with Gasteiger partial charge in [-0.1, -0.05) is 0 Å². The van der Waals surface area contributed by atoms with Crippen molar-refractivity contribution in [1.82, 2.24) is 0 Å². The Bertz CT molecular complexity index is 424. The predicted octanol–water partition coefficient (Wildman–Crippen LogP) is 2.66. The number of hydrogen-bond donors (Lipinski definition) is 0. The van der Waals surface area contributed by atoms with Crippen LogP contribution >= 0.6 is 0 Å². The van der Waals surface area contributed by atoms with Crippen LogP contribution in [-0.2, 0) is 4.74 Å². The van der Waals surface area contributed by atoms with Crippen LogP contribution in [0.5, 0.6) is 11.5 Å². The fourth-order valence-electron chi connectivity index (χ4n) is 1.63. The van der Waals surface area contributed by atoms with Gasteiger partial charge in [-0.25, -0.2) is 4.79 Å². The van der Waals surface area contributed by atoms with Gasteiger partial charge in [0, 0.05) is 0 Å². The Hall–Kier alpha value is -1.71. The molecule has 0 atom stereocenters. The molecule has 2 rings (SSSR count). The molecule has 0 radical (unpaired) electrons. The second-order valence-electron chi connectivity index (χ2n) is 4.34. The van der Waals surface area contributed by atoms with Crippen LogP contribution in [0.1, 0.15) is 30.1 Å². The van der Waals surface area contributed by atoms with E-state index in [2.05, 4.69) is 0 Å². The van der Waals surface area contributed by atoms with Gasteiger partial charge in [0.2, 0.25) is 0 Å². The molecule has 0 aromatic heterocycles. The van der Waals surface area contributed by atoms with Gasteiger partial charge >= 0.3 is 5.97 Å². The third-order valence-electron chi connectivity index (χ3n) is 2.84. The average Bonchev–Trinajstić information content (AvgIpc) is 3.21. The molecular formula is C14H18O4. The second-order valence-corrected chi connectivity index (χ2v) is 4.34. The van der Waals surface area contributed by atoms with Crippen LogP contribution in [0.25, 0.3) is 0 Å². The number of methoxy groups -OCH3 is 1. The van der Waals surface area contributed by atoms with Crippen LogP contribution in [0.15, 0.2) is 18.2 Å². The summed E-state index contributed by atoms with van der Waals surface area (Å²) >= 11 is 0. The van der Waals surface area contributed by atoms with Gasteiger partial charge in [0.05, 0.1) is 25.9 Å². The number of hydrogen-bond acceptors (Lipinski definition) is 4. The minimum absolute atomic E-state index is 0.366. The van der Waals surface area contributed by atoms with Crippen molar-refractivity contribution in [3.63, 3.8) is 0 Å². The Morgan fingerprint density at radius 1 is 1.28 bits per heavy atom. The Kier molecular flexibility index (Phi) is 4.07. The summed E-state index contributed by atoms with van der Waals surface area (Å²) in [6.45, 7) is 3.17. The first-order valence-corrected chi connectivity index (χ1v) is 6.22. The average molecular weight is 250 g/mol. The molecule has 1 aliphatic carbocycles. The van der Waals surface area contributed by atoms with Gasteiger partial charge in [0.15, 0.2) is 11.5 Å². The van der Waals surface area contributed by atoms with Crippen LogP contribution in [-0.4, -0.2) is 26.3 Å². The third kappa shape index (κ3) is 3.15. The molecule has 98 valence electrons. The van der Waals surface area contributed by atoms with E-state index < -0.39 is 0 Å². The summed E-state index contributed by atoms with van der Waals surface area (Å²) in [4.78, 5) is 11.5. The van der Waals surface area contributed by atoms with E-state index in [0.717, 1.165) is 0 Å². The van der Waals surface area contributed by atoms with Gasteiger partial charge in [-0.05, 0) is 43.9 Å². The van der Waals surface area contributed by atoms with E-state index in [1.54, 1.807) is 18.2 Å². The fourth-order valence-corrected chi connectivity index (χ4v) is 1.63. The van der Waals surface area contributed by atoms with Crippen molar-refractivity contribution >= 4 is 5.97 Å². The molecule has 1 aromatic rings. The van der Waals surface area contributed by atoms with Gasteiger partial charge in [-0.15, -0.1) is 0 Å². The van der Waals surface area contributed by atoms with E-state index in [9.17, 15) is 4.79 Å². The highest BCUT2D eigenvalue weighted by atomic mass is 16.5. The molecule has 1 aliphatic rings. The highest BCUT2D eigenvalue weighted by molar-refractivity contribution is 5.90. The van der Waals surface area contributed by atoms with Crippen molar-refractivity contribution < 1.29 is 19.0 Å². The van der Waals surface area contributed by atoms with E-state index in [1.165, 1.54) is 20.0 Å². The highest BCUT2D eigenvalue weighted by Gasteiger charge is 2.23. The normalized spacial score (nSPS) is 14.1. The molecule has 0 N–H and O–H groups in total. The number of carbonyl (C=O) groups is 1. The molecular weight excluding hydrogens is 232 g/mol. The van der Waals surface area contributed by atoms with Crippen LogP contribution in [0.4, 0.5) is 0 Å². The molecule has 0 aliphatic heterocycles. The maximum Gasteiger partial charge on any atom is 0.337 e. The lowest BCUT2D eigenvalue weighted by Gasteiger charge is -2.12. The molecule has 0 saturated heterocycles. The maximum atomic E-state index is 11.5. The third-order valence-corrected chi connectivity index (χ3v) is 2.84. The topological polar surface area (TPSA) is 44.8 Å². The molecule has 1 saturated carbocycles. The zero-order valence-corrected chi connectivity index (χ0v) is 10.8. The molecule has 4 nitrogen and oxygen atoms in total. The minimum atomic E-state index is -0.366. The SMILES string of the molecule is CCOc1ccc(C(=O)OC)cc1OCC1CC1. The van der Waals surface area contributed by atoms with Gasteiger partial charge in [-0.2, -0.15) is 0 Å². The number of rotatable bonds is 6. The van der Waals surface area contributed by atoms with Crippen molar-refractivity contribution in [2.75, 3.05) is 20.3 Å². The number of carbonyl (C=O) groups excluding carboxylic acids is 1. The largest absolute Gasteiger partial charge is 0.490 e. The quantitative estimate of drug-likeness (QED) is 0.728. The lowest BCUT2D eigenvalue weighted by Crippen LogP contribution is -2.05. The molecule has 0 spiro atoms. The van der Waals surface area contributed by atoms with E-state index in [4.69, 9.17) is 14.2 Å². The van der Waals surface area contributed by atoms with Gasteiger partial charge in [0.25, 0.3) is 0 Å². The molecule has 1 aromatic carbocycles. The molecule has 0 bridgehead atoms. The van der Waals surface area contributed by atoms with E-state index in [-0.39, 0.29) is 5.97 Å². The smallest absolute Gasteiger partial charge is 0.337 e. The summed E-state index contributed by atoms with van der Waals surface area (Å²) in [5, 5.41) is 0. The Balaban J connectivity index is 2.15. The maximum absolute atomic E-state index is 11.5. The van der Waals surface area contributed by atoms with Crippen molar-refractivity contribution in [3.05, 3.63) is 23.8 Å². The van der Waals surface area contributed by atoms with E-state index in [1.807, 2.05) is 6.92 Å². The van der Waals surface area contributed by atoms with Crippen molar-refractivity contribution in [2.24, 2.45) is 5.92 Å². The molecule has 18 heavy (non-hydrogen) atoms. The molecule has 0 heterocycles. The summed E-state index contributed by atoms with van der Waals surface area (Å²) in [6, 6.07) is 5.11. The zero-order chi connectivity index (χ0) is 13.0. The lowest BCUT2D eigenvalue weighted by molar-refractivity contribution is 0.0600. The summed E-state index contributed by atoms with van der Waals surface area (Å²) < 4.78 is 15.9. The van der Waals surface area contributed by atoms with E-state index >= 15 is 0 Å². The monoisotopic (exact) mass is 250 g/mol. The van der Waals surface area contributed by atoms with E-state index in [0.29, 0.717) is 36.2 Å². The van der Waals surface area contributed by atoms with Crippen LogP contribution in [0, 0.1) is 5.92 Å². The number of benzene rings is 1. The van der Waals surface area contributed by atoms with Crippen LogP contribution < -0.4 is 9.47 Å². The van der Waals surface area contributed by atoms with Crippen LogP contribution in [0.2, 0.25) is 0 Å². The summed E-state index contributed by atoms with van der Waals surface area (Å²) in [5.74, 6) is 1.58. The van der Waals surface area contributed by atoms with Gasteiger partial charge in [-0.3, -0.25) is 0 Å². The van der Waals surface area contributed by atoms with Crippen LogP contribution in [0.3, 0.4) is 0 Å². The Morgan fingerprint density at radius 2 is 2.06 bits per heavy atom. The first kappa shape index (κ1) is 12.7. The molecule has 0 unspecified atom stereocenters.